The Morgan fingerprint density at radius 3 is 3.12 bits per heavy atom. The zero-order valence-electron chi connectivity index (χ0n) is 10.2. The molecular weight excluding hydrogens is 240 g/mol. The highest BCUT2D eigenvalue weighted by molar-refractivity contribution is 5.85. The highest BCUT2D eigenvalue weighted by Crippen LogP contribution is 2.22. The largest absolute Gasteiger partial charge is 0.476 e. The summed E-state index contributed by atoms with van der Waals surface area (Å²) in [7, 11) is 0. The molecule has 1 unspecified atom stereocenters. The van der Waals surface area contributed by atoms with Crippen molar-refractivity contribution in [1.82, 2.24) is 10.3 Å². The SMILES string of the molecule is CCC(C)Oc1ccc2c(n1)OCCNC2.Cl. The standard InChI is InChI=1S/C12H18N2O2.ClH/c1-3-9(2)16-11-5-4-10-8-13-6-7-15-12(10)14-11;/h4-5,9,13H,3,6-8H2,1-2H3;1H. The number of hydrogen-bond acceptors (Lipinski definition) is 4. The fraction of sp³-hybridized carbons (Fsp3) is 0.583. The van der Waals surface area contributed by atoms with Gasteiger partial charge < -0.3 is 14.8 Å². The molecule has 0 aliphatic carbocycles. The van der Waals surface area contributed by atoms with Crippen LogP contribution in [0, 0.1) is 0 Å². The maximum atomic E-state index is 5.66. The predicted octanol–water partition coefficient (Wildman–Crippen LogP) is 2.16. The van der Waals surface area contributed by atoms with Crippen LogP contribution in [0.1, 0.15) is 25.8 Å². The summed E-state index contributed by atoms with van der Waals surface area (Å²) in [6.07, 6.45) is 1.16. The minimum absolute atomic E-state index is 0. The van der Waals surface area contributed by atoms with Crippen LogP contribution in [0.25, 0.3) is 0 Å². The highest BCUT2D eigenvalue weighted by Gasteiger charge is 2.12. The van der Waals surface area contributed by atoms with Crippen LogP contribution in [0.2, 0.25) is 0 Å². The number of pyridine rings is 1. The van der Waals surface area contributed by atoms with E-state index in [-0.39, 0.29) is 18.5 Å². The second-order valence-electron chi connectivity index (χ2n) is 3.98. The summed E-state index contributed by atoms with van der Waals surface area (Å²) >= 11 is 0. The number of rotatable bonds is 3. The minimum atomic E-state index is 0. The predicted molar refractivity (Wildman–Crippen MR) is 69.1 cm³/mol. The van der Waals surface area contributed by atoms with E-state index in [1.807, 2.05) is 19.1 Å². The number of nitrogens with zero attached hydrogens (tertiary/aromatic N) is 1. The molecule has 0 spiro atoms. The summed E-state index contributed by atoms with van der Waals surface area (Å²) in [5.74, 6) is 1.35. The molecule has 4 nitrogen and oxygen atoms in total. The van der Waals surface area contributed by atoms with Crippen LogP contribution < -0.4 is 14.8 Å². The van der Waals surface area contributed by atoms with Crippen LogP contribution in [0.3, 0.4) is 0 Å². The Labute approximate surface area is 108 Å². The summed E-state index contributed by atoms with van der Waals surface area (Å²) < 4.78 is 11.2. The van der Waals surface area contributed by atoms with Gasteiger partial charge in [-0.1, -0.05) is 6.92 Å². The van der Waals surface area contributed by atoms with Crippen LogP contribution in [-0.2, 0) is 6.54 Å². The number of ether oxygens (including phenoxy) is 2. The third-order valence-corrected chi connectivity index (χ3v) is 2.64. The Bertz CT molecular complexity index is 360. The number of aromatic nitrogens is 1. The van der Waals surface area contributed by atoms with Gasteiger partial charge in [-0.25, -0.2) is 0 Å². The first kappa shape index (κ1) is 14.1. The van der Waals surface area contributed by atoms with E-state index < -0.39 is 0 Å². The van der Waals surface area contributed by atoms with Crippen molar-refractivity contribution >= 4 is 12.4 Å². The zero-order chi connectivity index (χ0) is 11.4. The van der Waals surface area contributed by atoms with Crippen molar-refractivity contribution in [2.45, 2.75) is 32.9 Å². The lowest BCUT2D eigenvalue weighted by Crippen LogP contribution is -2.16. The number of halogens is 1. The lowest BCUT2D eigenvalue weighted by Gasteiger charge is -2.13. The third kappa shape index (κ3) is 3.75. The first-order valence-electron chi connectivity index (χ1n) is 5.79. The normalized spacial score (nSPS) is 15.9. The highest BCUT2D eigenvalue weighted by atomic mass is 35.5. The molecule has 0 fully saturated rings. The van der Waals surface area contributed by atoms with Crippen molar-refractivity contribution in [2.24, 2.45) is 0 Å². The monoisotopic (exact) mass is 258 g/mol. The van der Waals surface area contributed by atoms with Gasteiger partial charge in [0.15, 0.2) is 0 Å². The lowest BCUT2D eigenvalue weighted by atomic mass is 10.2. The molecule has 0 bridgehead atoms. The molecule has 0 saturated heterocycles. The van der Waals surface area contributed by atoms with Gasteiger partial charge in [-0.05, 0) is 19.4 Å². The summed E-state index contributed by atoms with van der Waals surface area (Å²) in [6.45, 7) is 6.46. The Hall–Kier alpha value is -1.00. The van der Waals surface area contributed by atoms with E-state index >= 15 is 0 Å². The maximum absolute atomic E-state index is 5.66. The molecule has 17 heavy (non-hydrogen) atoms. The molecule has 0 radical (unpaired) electrons. The molecular formula is C12H19ClN2O2. The molecule has 1 aliphatic heterocycles. The molecule has 1 aromatic heterocycles. The van der Waals surface area contributed by atoms with Crippen LogP contribution in [0.5, 0.6) is 11.8 Å². The van der Waals surface area contributed by atoms with Gasteiger partial charge in [-0.3, -0.25) is 0 Å². The van der Waals surface area contributed by atoms with Gasteiger partial charge in [-0.15, -0.1) is 12.4 Å². The Morgan fingerprint density at radius 1 is 1.53 bits per heavy atom. The average Bonchev–Trinajstić information content (AvgIpc) is 2.53. The zero-order valence-corrected chi connectivity index (χ0v) is 11.0. The van der Waals surface area contributed by atoms with Crippen LogP contribution >= 0.6 is 12.4 Å². The Morgan fingerprint density at radius 2 is 2.35 bits per heavy atom. The van der Waals surface area contributed by atoms with Crippen LogP contribution in [0.15, 0.2) is 12.1 Å². The third-order valence-electron chi connectivity index (χ3n) is 2.64. The van der Waals surface area contributed by atoms with E-state index in [2.05, 4.69) is 17.2 Å². The van der Waals surface area contributed by atoms with Crippen molar-refractivity contribution in [3.8, 4) is 11.8 Å². The van der Waals surface area contributed by atoms with Crippen molar-refractivity contribution in [1.29, 1.82) is 0 Å². The van der Waals surface area contributed by atoms with Gasteiger partial charge in [0.25, 0.3) is 0 Å². The van der Waals surface area contributed by atoms with E-state index in [0.717, 1.165) is 25.1 Å². The Kier molecular flexibility index (Phi) is 5.51. The summed E-state index contributed by atoms with van der Waals surface area (Å²) in [6, 6.07) is 3.92. The lowest BCUT2D eigenvalue weighted by molar-refractivity contribution is 0.204. The molecule has 2 heterocycles. The molecule has 5 heteroatoms. The molecule has 1 atom stereocenters. The molecule has 0 aromatic carbocycles. The van der Waals surface area contributed by atoms with Gasteiger partial charge >= 0.3 is 0 Å². The van der Waals surface area contributed by atoms with Crippen molar-refractivity contribution in [3.05, 3.63) is 17.7 Å². The molecule has 1 N–H and O–H groups in total. The van der Waals surface area contributed by atoms with Crippen molar-refractivity contribution in [3.63, 3.8) is 0 Å². The van der Waals surface area contributed by atoms with Gasteiger partial charge in [0.2, 0.25) is 11.8 Å². The number of fused-ring (bicyclic) bond motifs is 1. The molecule has 0 amide bonds. The molecule has 2 rings (SSSR count). The quantitative estimate of drug-likeness (QED) is 0.902. The number of hydrogen-bond donors (Lipinski definition) is 1. The van der Waals surface area contributed by atoms with E-state index in [1.165, 1.54) is 0 Å². The van der Waals surface area contributed by atoms with Crippen molar-refractivity contribution in [2.75, 3.05) is 13.2 Å². The van der Waals surface area contributed by atoms with Crippen LogP contribution in [-0.4, -0.2) is 24.2 Å². The molecule has 0 saturated carbocycles. The minimum Gasteiger partial charge on any atom is -0.476 e. The maximum Gasteiger partial charge on any atom is 0.221 e. The summed E-state index contributed by atoms with van der Waals surface area (Å²) in [5.41, 5.74) is 1.09. The average molecular weight is 259 g/mol. The first-order valence-corrected chi connectivity index (χ1v) is 5.79. The summed E-state index contributed by atoms with van der Waals surface area (Å²) in [4.78, 5) is 4.38. The second kappa shape index (κ2) is 6.67. The van der Waals surface area contributed by atoms with Crippen molar-refractivity contribution < 1.29 is 9.47 Å². The van der Waals surface area contributed by atoms with Gasteiger partial charge in [0, 0.05) is 24.7 Å². The molecule has 96 valence electrons. The topological polar surface area (TPSA) is 43.4 Å². The Balaban J connectivity index is 0.00000144. The molecule has 1 aliphatic rings. The first-order chi connectivity index (χ1) is 7.79. The van der Waals surface area contributed by atoms with Gasteiger partial charge in [-0.2, -0.15) is 4.98 Å². The van der Waals surface area contributed by atoms with E-state index in [1.54, 1.807) is 0 Å². The smallest absolute Gasteiger partial charge is 0.221 e. The van der Waals surface area contributed by atoms with Gasteiger partial charge in [0.1, 0.15) is 6.61 Å². The second-order valence-corrected chi connectivity index (χ2v) is 3.98. The fourth-order valence-electron chi connectivity index (χ4n) is 1.51. The van der Waals surface area contributed by atoms with Crippen LogP contribution in [0.4, 0.5) is 0 Å². The summed E-state index contributed by atoms with van der Waals surface area (Å²) in [5, 5.41) is 3.27. The molecule has 1 aromatic rings. The van der Waals surface area contributed by atoms with E-state index in [0.29, 0.717) is 18.4 Å². The number of nitrogens with one attached hydrogen (secondary N) is 1. The van der Waals surface area contributed by atoms with Gasteiger partial charge in [0.05, 0.1) is 6.10 Å². The fourth-order valence-corrected chi connectivity index (χ4v) is 1.51. The van der Waals surface area contributed by atoms with E-state index in [9.17, 15) is 0 Å². The van der Waals surface area contributed by atoms with E-state index in [4.69, 9.17) is 9.47 Å².